The third kappa shape index (κ3) is 5.00. The number of rotatable bonds is 8. The number of nitrogens with zero attached hydrogens (tertiary/aromatic N) is 1. The fraction of sp³-hybridized carbons (Fsp3) is 0.368. The molecule has 2 aromatic rings. The summed E-state index contributed by atoms with van der Waals surface area (Å²) in [6.07, 6.45) is 2.41. The van der Waals surface area contributed by atoms with E-state index in [-0.39, 0.29) is 11.8 Å². The number of anilines is 1. The Morgan fingerprint density at radius 3 is 2.76 bits per heavy atom. The first kappa shape index (κ1) is 17.4. The number of benzene rings is 1. The van der Waals surface area contributed by atoms with Crippen molar-refractivity contribution in [1.29, 1.82) is 0 Å². The summed E-state index contributed by atoms with van der Waals surface area (Å²) in [5, 5.41) is 2.64. The average molecular weight is 344 g/mol. The highest BCUT2D eigenvalue weighted by Gasteiger charge is 2.19. The summed E-state index contributed by atoms with van der Waals surface area (Å²) in [7, 11) is 0. The smallest absolute Gasteiger partial charge is 0.252 e. The van der Waals surface area contributed by atoms with E-state index in [2.05, 4.69) is 10.3 Å². The second-order valence-electron chi connectivity index (χ2n) is 5.93. The zero-order chi connectivity index (χ0) is 17.5. The van der Waals surface area contributed by atoms with Crippen LogP contribution in [0.2, 0.25) is 0 Å². The number of hydrogen-bond acceptors (Lipinski definition) is 4. The maximum absolute atomic E-state index is 14.0. The summed E-state index contributed by atoms with van der Waals surface area (Å²) in [5.41, 5.74) is 1.85. The van der Waals surface area contributed by atoms with E-state index in [1.54, 1.807) is 0 Å². The van der Waals surface area contributed by atoms with E-state index >= 15 is 0 Å². The summed E-state index contributed by atoms with van der Waals surface area (Å²) in [6.45, 7) is 1.56. The molecule has 0 unspecified atom stereocenters. The molecule has 25 heavy (non-hydrogen) atoms. The van der Waals surface area contributed by atoms with Crippen LogP contribution in [0.15, 0.2) is 36.4 Å². The van der Waals surface area contributed by atoms with Gasteiger partial charge in [0.1, 0.15) is 5.82 Å². The molecule has 132 valence electrons. The maximum atomic E-state index is 14.0. The largest absolute Gasteiger partial charge is 0.476 e. The first-order valence-corrected chi connectivity index (χ1v) is 8.46. The van der Waals surface area contributed by atoms with Crippen molar-refractivity contribution in [2.24, 2.45) is 0 Å². The Morgan fingerprint density at radius 2 is 1.92 bits per heavy atom. The van der Waals surface area contributed by atoms with E-state index < -0.39 is 5.82 Å². The molecule has 5 nitrogen and oxygen atoms in total. The molecule has 0 saturated carbocycles. The van der Waals surface area contributed by atoms with Crippen LogP contribution in [0.25, 0.3) is 0 Å². The molecule has 1 amide bonds. The molecule has 0 bridgehead atoms. The number of halogens is 1. The van der Waals surface area contributed by atoms with Crippen molar-refractivity contribution < 1.29 is 18.7 Å². The third-order valence-electron chi connectivity index (χ3n) is 3.94. The predicted octanol–water partition coefficient (Wildman–Crippen LogP) is 3.48. The highest BCUT2D eigenvalue weighted by Crippen LogP contribution is 2.26. The molecular formula is C19H21FN2O3. The molecule has 0 fully saturated rings. The molecule has 0 atom stereocenters. The number of carbonyl (C=O) groups is 1. The summed E-state index contributed by atoms with van der Waals surface area (Å²) >= 11 is 0. The second kappa shape index (κ2) is 8.58. The maximum Gasteiger partial charge on any atom is 0.252 e. The van der Waals surface area contributed by atoms with Crippen molar-refractivity contribution in [2.75, 3.05) is 18.5 Å². The van der Waals surface area contributed by atoms with E-state index in [0.717, 1.165) is 18.4 Å². The van der Waals surface area contributed by atoms with Crippen LogP contribution in [0.3, 0.4) is 0 Å². The lowest BCUT2D eigenvalue weighted by Crippen LogP contribution is -2.20. The van der Waals surface area contributed by atoms with Gasteiger partial charge in [-0.3, -0.25) is 4.79 Å². The molecule has 2 heterocycles. The second-order valence-corrected chi connectivity index (χ2v) is 5.93. The van der Waals surface area contributed by atoms with Gasteiger partial charge in [0.15, 0.2) is 5.82 Å². The van der Waals surface area contributed by atoms with Crippen LogP contribution in [-0.4, -0.2) is 24.1 Å². The van der Waals surface area contributed by atoms with E-state index in [4.69, 9.17) is 9.47 Å². The summed E-state index contributed by atoms with van der Waals surface area (Å²) in [6, 6.07) is 11.4. The van der Waals surface area contributed by atoms with Gasteiger partial charge in [-0.05, 0) is 36.5 Å². The Labute approximate surface area is 146 Å². The average Bonchev–Trinajstić information content (AvgIpc) is 2.62. The number of pyridine rings is 1. The molecular weight excluding hydrogens is 323 g/mol. The summed E-state index contributed by atoms with van der Waals surface area (Å²) in [5.74, 6) is -0.256. The Morgan fingerprint density at radius 1 is 1.12 bits per heavy atom. The number of aryl methyl sites for hydroxylation is 1. The van der Waals surface area contributed by atoms with Crippen LogP contribution in [0.4, 0.5) is 10.2 Å². The van der Waals surface area contributed by atoms with Crippen LogP contribution in [-0.2, 0) is 22.6 Å². The van der Waals surface area contributed by atoms with Crippen molar-refractivity contribution in [1.82, 2.24) is 4.98 Å². The molecule has 1 aliphatic heterocycles. The van der Waals surface area contributed by atoms with Crippen LogP contribution >= 0.6 is 0 Å². The zero-order valence-electron chi connectivity index (χ0n) is 14.0. The van der Waals surface area contributed by atoms with Crippen LogP contribution in [0, 0.1) is 5.82 Å². The molecule has 1 N–H and O–H groups in total. The lowest BCUT2D eigenvalue weighted by Gasteiger charge is -2.17. The molecule has 0 aliphatic carbocycles. The lowest BCUT2D eigenvalue weighted by molar-refractivity contribution is -0.116. The number of fused-ring (bicyclic) bond motifs is 1. The van der Waals surface area contributed by atoms with Gasteiger partial charge in [0, 0.05) is 13.0 Å². The normalized spacial score (nSPS) is 13.2. The summed E-state index contributed by atoms with van der Waals surface area (Å²) < 4.78 is 25.0. The van der Waals surface area contributed by atoms with E-state index in [1.807, 2.05) is 30.3 Å². The number of unbranched alkanes of at least 4 members (excludes halogenated alkanes) is 1. The number of ether oxygens (including phenoxy) is 2. The zero-order valence-corrected chi connectivity index (χ0v) is 14.0. The van der Waals surface area contributed by atoms with Crippen molar-refractivity contribution >= 4 is 11.7 Å². The van der Waals surface area contributed by atoms with Gasteiger partial charge < -0.3 is 14.8 Å². The number of amides is 1. The Balaban J connectivity index is 1.37. The molecule has 1 aromatic carbocycles. The van der Waals surface area contributed by atoms with Gasteiger partial charge in [0.05, 0.1) is 13.2 Å². The lowest BCUT2D eigenvalue weighted by atomic mass is 10.1. The Kier molecular flexibility index (Phi) is 5.95. The number of nitrogens with one attached hydrogen (secondary N) is 1. The first-order chi connectivity index (χ1) is 12.2. The predicted molar refractivity (Wildman–Crippen MR) is 92.0 cm³/mol. The van der Waals surface area contributed by atoms with E-state index in [0.29, 0.717) is 44.0 Å². The van der Waals surface area contributed by atoms with Crippen molar-refractivity contribution in [3.05, 3.63) is 53.3 Å². The minimum Gasteiger partial charge on any atom is -0.476 e. The highest BCUT2D eigenvalue weighted by molar-refractivity contribution is 5.92. The highest BCUT2D eigenvalue weighted by atomic mass is 19.1. The number of hydrogen-bond donors (Lipinski definition) is 1. The fourth-order valence-electron chi connectivity index (χ4n) is 2.59. The van der Waals surface area contributed by atoms with Gasteiger partial charge in [-0.25, -0.2) is 4.39 Å². The molecule has 0 radical (unpaired) electrons. The van der Waals surface area contributed by atoms with Gasteiger partial charge in [-0.1, -0.05) is 30.3 Å². The molecule has 3 rings (SSSR count). The topological polar surface area (TPSA) is 60.5 Å². The van der Waals surface area contributed by atoms with Gasteiger partial charge in [0.25, 0.3) is 5.88 Å². The Bertz CT molecular complexity index is 722. The minimum absolute atomic E-state index is 0.0637. The molecule has 1 aliphatic rings. The van der Waals surface area contributed by atoms with Gasteiger partial charge in [-0.2, -0.15) is 4.98 Å². The monoisotopic (exact) mass is 344 g/mol. The molecule has 0 spiro atoms. The first-order valence-electron chi connectivity index (χ1n) is 8.46. The van der Waals surface area contributed by atoms with Crippen LogP contribution < -0.4 is 10.1 Å². The molecule has 6 heteroatoms. The van der Waals surface area contributed by atoms with Crippen molar-refractivity contribution in [3.8, 4) is 5.88 Å². The van der Waals surface area contributed by atoms with E-state index in [1.165, 1.54) is 6.07 Å². The number of carbonyl (C=O) groups excluding carboxylic acids is 1. The Hall–Kier alpha value is -2.47. The van der Waals surface area contributed by atoms with Gasteiger partial charge in [0.2, 0.25) is 5.91 Å². The van der Waals surface area contributed by atoms with E-state index in [9.17, 15) is 9.18 Å². The van der Waals surface area contributed by atoms with Crippen LogP contribution in [0.5, 0.6) is 5.88 Å². The number of aromatic nitrogens is 1. The van der Waals surface area contributed by atoms with Crippen molar-refractivity contribution in [2.45, 2.75) is 32.3 Å². The fourth-order valence-corrected chi connectivity index (χ4v) is 2.59. The molecule has 0 saturated heterocycles. The van der Waals surface area contributed by atoms with Gasteiger partial charge >= 0.3 is 0 Å². The quantitative estimate of drug-likeness (QED) is 0.745. The van der Waals surface area contributed by atoms with Crippen LogP contribution in [0.1, 0.15) is 30.4 Å². The van der Waals surface area contributed by atoms with Gasteiger partial charge in [-0.15, -0.1) is 0 Å². The van der Waals surface area contributed by atoms with Crippen molar-refractivity contribution in [3.63, 3.8) is 0 Å². The standard InChI is InChI=1S/C19H21FN2O3/c20-16-12-15-8-9-17(23)21-18(15)22-19(16)25-11-5-4-10-24-13-14-6-2-1-3-7-14/h1-3,6-7,12H,4-5,8-11,13H2,(H,21,22,23). The molecule has 1 aromatic heterocycles. The SMILES string of the molecule is O=C1CCc2cc(F)c(OCCCCOCc3ccccc3)nc2N1. The third-order valence-corrected chi connectivity index (χ3v) is 3.94. The minimum atomic E-state index is -0.491. The summed E-state index contributed by atoms with van der Waals surface area (Å²) in [4.78, 5) is 15.5.